The van der Waals surface area contributed by atoms with Crippen LogP contribution in [0.3, 0.4) is 0 Å². The molecule has 1 atom stereocenters. The molecule has 0 spiro atoms. The third kappa shape index (κ3) is 6.71. The highest BCUT2D eigenvalue weighted by molar-refractivity contribution is 5.24. The van der Waals surface area contributed by atoms with Gasteiger partial charge >= 0.3 is 0 Å². The zero-order valence-electron chi connectivity index (χ0n) is 12.6. The van der Waals surface area contributed by atoms with Crippen LogP contribution >= 0.6 is 0 Å². The highest BCUT2D eigenvalue weighted by Gasteiger charge is 2.12. The number of nitrogens with one attached hydrogen (secondary N) is 1. The standard InChI is InChI=1S/C16H27NO2/c1-13(2)17-12-16(19-10-6-9-18-4)15-8-5-7-14(3)11-15/h5,7-8,11,13,16-17H,6,9-10,12H2,1-4H3. The monoisotopic (exact) mass is 265 g/mol. The Kier molecular flexibility index (Phi) is 7.72. The molecular weight excluding hydrogens is 238 g/mol. The fraction of sp³-hybridized carbons (Fsp3) is 0.625. The molecular formula is C16H27NO2. The van der Waals surface area contributed by atoms with Crippen LogP contribution in [-0.2, 0) is 9.47 Å². The third-order valence-corrected chi connectivity index (χ3v) is 2.94. The summed E-state index contributed by atoms with van der Waals surface area (Å²) in [4.78, 5) is 0. The van der Waals surface area contributed by atoms with Gasteiger partial charge in [-0.3, -0.25) is 0 Å². The van der Waals surface area contributed by atoms with Crippen LogP contribution in [0, 0.1) is 6.92 Å². The Balaban J connectivity index is 2.57. The third-order valence-electron chi connectivity index (χ3n) is 2.94. The molecule has 0 aliphatic rings. The molecule has 108 valence electrons. The Morgan fingerprint density at radius 1 is 1.21 bits per heavy atom. The van der Waals surface area contributed by atoms with Gasteiger partial charge in [0.05, 0.1) is 6.10 Å². The quantitative estimate of drug-likeness (QED) is 0.696. The van der Waals surface area contributed by atoms with Crippen LogP contribution in [0.25, 0.3) is 0 Å². The molecule has 0 radical (unpaired) electrons. The number of methoxy groups -OCH3 is 1. The van der Waals surface area contributed by atoms with Gasteiger partial charge in [0.1, 0.15) is 0 Å². The van der Waals surface area contributed by atoms with Crippen LogP contribution < -0.4 is 5.32 Å². The average molecular weight is 265 g/mol. The highest BCUT2D eigenvalue weighted by atomic mass is 16.5. The van der Waals surface area contributed by atoms with Crippen molar-refractivity contribution < 1.29 is 9.47 Å². The summed E-state index contributed by atoms with van der Waals surface area (Å²) in [5.74, 6) is 0. The summed E-state index contributed by atoms with van der Waals surface area (Å²) in [7, 11) is 1.72. The predicted octanol–water partition coefficient (Wildman–Crippen LogP) is 3.09. The van der Waals surface area contributed by atoms with E-state index < -0.39 is 0 Å². The lowest BCUT2D eigenvalue weighted by atomic mass is 10.1. The van der Waals surface area contributed by atoms with Crippen molar-refractivity contribution in [3.05, 3.63) is 35.4 Å². The van der Waals surface area contributed by atoms with E-state index in [1.807, 2.05) is 0 Å². The minimum Gasteiger partial charge on any atom is -0.385 e. The van der Waals surface area contributed by atoms with E-state index in [9.17, 15) is 0 Å². The molecule has 0 aliphatic carbocycles. The van der Waals surface area contributed by atoms with Crippen molar-refractivity contribution in [2.75, 3.05) is 26.9 Å². The zero-order valence-corrected chi connectivity index (χ0v) is 12.6. The lowest BCUT2D eigenvalue weighted by molar-refractivity contribution is 0.0377. The normalized spacial score (nSPS) is 12.9. The summed E-state index contributed by atoms with van der Waals surface area (Å²) in [6, 6.07) is 9.00. The molecule has 19 heavy (non-hydrogen) atoms. The molecule has 3 nitrogen and oxygen atoms in total. The summed E-state index contributed by atoms with van der Waals surface area (Å²) < 4.78 is 11.0. The Morgan fingerprint density at radius 2 is 2.00 bits per heavy atom. The van der Waals surface area contributed by atoms with E-state index in [1.54, 1.807) is 7.11 Å². The van der Waals surface area contributed by atoms with Crippen molar-refractivity contribution in [3.8, 4) is 0 Å². The predicted molar refractivity (Wildman–Crippen MR) is 79.5 cm³/mol. The number of aryl methyl sites for hydroxylation is 1. The van der Waals surface area contributed by atoms with Crippen LogP contribution in [0.4, 0.5) is 0 Å². The molecule has 0 fully saturated rings. The van der Waals surface area contributed by atoms with Crippen molar-refractivity contribution in [1.82, 2.24) is 5.32 Å². The lowest BCUT2D eigenvalue weighted by Gasteiger charge is -2.21. The van der Waals surface area contributed by atoms with E-state index in [1.165, 1.54) is 11.1 Å². The molecule has 0 aromatic heterocycles. The van der Waals surface area contributed by atoms with Crippen LogP contribution in [0.1, 0.15) is 37.5 Å². The molecule has 0 saturated carbocycles. The van der Waals surface area contributed by atoms with E-state index in [-0.39, 0.29) is 6.10 Å². The Bertz CT molecular complexity index is 352. The Labute approximate surface area is 117 Å². The van der Waals surface area contributed by atoms with Crippen LogP contribution in [0.15, 0.2) is 24.3 Å². The SMILES string of the molecule is COCCCOC(CNC(C)C)c1cccc(C)c1. The molecule has 0 heterocycles. The molecule has 1 rings (SSSR count). The number of hydrogen-bond donors (Lipinski definition) is 1. The van der Waals surface area contributed by atoms with E-state index in [0.29, 0.717) is 6.04 Å². The smallest absolute Gasteiger partial charge is 0.0949 e. The molecule has 0 saturated heterocycles. The van der Waals surface area contributed by atoms with Gasteiger partial charge in [-0.25, -0.2) is 0 Å². The van der Waals surface area contributed by atoms with Crippen molar-refractivity contribution in [1.29, 1.82) is 0 Å². The van der Waals surface area contributed by atoms with E-state index in [4.69, 9.17) is 9.47 Å². The first-order chi connectivity index (χ1) is 9.13. The number of benzene rings is 1. The van der Waals surface area contributed by atoms with Gasteiger partial charge in [0, 0.05) is 32.9 Å². The molecule has 1 aromatic rings. The minimum atomic E-state index is 0.110. The first kappa shape index (κ1) is 16.2. The lowest BCUT2D eigenvalue weighted by Crippen LogP contribution is -2.29. The second kappa shape index (κ2) is 9.08. The van der Waals surface area contributed by atoms with Gasteiger partial charge in [0.15, 0.2) is 0 Å². The van der Waals surface area contributed by atoms with E-state index in [0.717, 1.165) is 26.2 Å². The van der Waals surface area contributed by atoms with Gasteiger partial charge in [-0.1, -0.05) is 43.7 Å². The maximum atomic E-state index is 5.99. The minimum absolute atomic E-state index is 0.110. The maximum absolute atomic E-state index is 5.99. The maximum Gasteiger partial charge on any atom is 0.0949 e. The molecule has 0 bridgehead atoms. The summed E-state index contributed by atoms with van der Waals surface area (Å²) in [5.41, 5.74) is 2.51. The van der Waals surface area contributed by atoms with Gasteiger partial charge in [-0.15, -0.1) is 0 Å². The molecule has 0 aliphatic heterocycles. The summed E-state index contributed by atoms with van der Waals surface area (Å²) >= 11 is 0. The second-order valence-corrected chi connectivity index (χ2v) is 5.18. The van der Waals surface area contributed by atoms with Crippen molar-refractivity contribution in [2.24, 2.45) is 0 Å². The van der Waals surface area contributed by atoms with Crippen LogP contribution in [0.5, 0.6) is 0 Å². The fourth-order valence-electron chi connectivity index (χ4n) is 1.91. The largest absolute Gasteiger partial charge is 0.385 e. The summed E-state index contributed by atoms with van der Waals surface area (Å²) in [6.07, 6.45) is 1.04. The molecule has 1 aromatic carbocycles. The second-order valence-electron chi connectivity index (χ2n) is 5.18. The van der Waals surface area contributed by atoms with Gasteiger partial charge in [0.2, 0.25) is 0 Å². The molecule has 1 N–H and O–H groups in total. The first-order valence-corrected chi connectivity index (χ1v) is 7.04. The molecule has 3 heteroatoms. The van der Waals surface area contributed by atoms with Gasteiger partial charge in [0.25, 0.3) is 0 Å². The average Bonchev–Trinajstić information content (AvgIpc) is 2.37. The zero-order chi connectivity index (χ0) is 14.1. The number of rotatable bonds is 9. The van der Waals surface area contributed by atoms with Gasteiger partial charge in [-0.2, -0.15) is 0 Å². The topological polar surface area (TPSA) is 30.5 Å². The highest BCUT2D eigenvalue weighted by Crippen LogP contribution is 2.18. The fourth-order valence-corrected chi connectivity index (χ4v) is 1.91. The number of hydrogen-bond acceptors (Lipinski definition) is 3. The molecule has 1 unspecified atom stereocenters. The number of ether oxygens (including phenoxy) is 2. The van der Waals surface area contributed by atoms with E-state index in [2.05, 4.69) is 50.4 Å². The van der Waals surface area contributed by atoms with Gasteiger partial charge < -0.3 is 14.8 Å². The van der Waals surface area contributed by atoms with Crippen LogP contribution in [0.2, 0.25) is 0 Å². The van der Waals surface area contributed by atoms with Gasteiger partial charge in [-0.05, 0) is 18.9 Å². The molecule has 0 amide bonds. The summed E-state index contributed by atoms with van der Waals surface area (Å²) in [5, 5.41) is 3.45. The first-order valence-electron chi connectivity index (χ1n) is 7.04. The van der Waals surface area contributed by atoms with Crippen molar-refractivity contribution in [2.45, 2.75) is 39.3 Å². The van der Waals surface area contributed by atoms with Crippen molar-refractivity contribution >= 4 is 0 Å². The summed E-state index contributed by atoms with van der Waals surface area (Å²) in [6.45, 7) is 8.73. The Morgan fingerprint density at radius 3 is 2.63 bits per heavy atom. The Hall–Kier alpha value is -0.900. The van der Waals surface area contributed by atoms with E-state index >= 15 is 0 Å². The van der Waals surface area contributed by atoms with Crippen LogP contribution in [-0.4, -0.2) is 32.9 Å². The van der Waals surface area contributed by atoms with Crippen molar-refractivity contribution in [3.63, 3.8) is 0 Å².